The molecule has 3 nitrogen and oxygen atoms in total. The molecule has 0 aliphatic heterocycles. The average Bonchev–Trinajstić information content (AvgIpc) is 2.69. The van der Waals surface area contributed by atoms with Crippen LogP contribution in [0.3, 0.4) is 0 Å². The van der Waals surface area contributed by atoms with Crippen LogP contribution in [0.25, 0.3) is 0 Å². The molecule has 0 fully saturated rings. The van der Waals surface area contributed by atoms with Gasteiger partial charge >= 0.3 is 0 Å². The molecule has 2 rings (SSSR count). The van der Waals surface area contributed by atoms with Crippen molar-refractivity contribution in [1.29, 1.82) is 0 Å². The van der Waals surface area contributed by atoms with E-state index in [2.05, 4.69) is 11.1 Å². The summed E-state index contributed by atoms with van der Waals surface area (Å²) in [5.41, 5.74) is 2.21. The lowest BCUT2D eigenvalue weighted by Crippen LogP contribution is -2.12. The van der Waals surface area contributed by atoms with Crippen molar-refractivity contribution in [2.75, 3.05) is 13.7 Å². The van der Waals surface area contributed by atoms with E-state index in [0.717, 1.165) is 18.5 Å². The molecule has 1 unspecified atom stereocenters. The van der Waals surface area contributed by atoms with Crippen molar-refractivity contribution >= 4 is 5.78 Å². The molecule has 1 heterocycles. The zero-order valence-electron chi connectivity index (χ0n) is 8.90. The van der Waals surface area contributed by atoms with Crippen molar-refractivity contribution in [3.8, 4) is 0 Å². The first-order valence-corrected chi connectivity index (χ1v) is 5.28. The van der Waals surface area contributed by atoms with Gasteiger partial charge in [-0.25, -0.2) is 0 Å². The predicted molar refractivity (Wildman–Crippen MR) is 56.8 cm³/mol. The maximum atomic E-state index is 11.8. The molecule has 1 aliphatic carbocycles. The van der Waals surface area contributed by atoms with Gasteiger partial charge in [0.15, 0.2) is 0 Å². The van der Waals surface area contributed by atoms with Crippen LogP contribution in [0.5, 0.6) is 0 Å². The summed E-state index contributed by atoms with van der Waals surface area (Å²) in [5, 5.41) is 0. The summed E-state index contributed by atoms with van der Waals surface area (Å²) in [4.78, 5) is 16.2. The lowest BCUT2D eigenvalue weighted by atomic mass is 9.99. The first-order valence-electron chi connectivity index (χ1n) is 5.28. The smallest absolute Gasteiger partial charge is 0.144 e. The first-order chi connectivity index (χ1) is 7.33. The van der Waals surface area contributed by atoms with Crippen molar-refractivity contribution in [1.82, 2.24) is 4.98 Å². The summed E-state index contributed by atoms with van der Waals surface area (Å²) in [6.45, 7) is 0.511. The van der Waals surface area contributed by atoms with Crippen molar-refractivity contribution in [2.24, 2.45) is 0 Å². The summed E-state index contributed by atoms with van der Waals surface area (Å²) in [6, 6.07) is 3.99. The van der Waals surface area contributed by atoms with Crippen molar-refractivity contribution < 1.29 is 9.53 Å². The minimum Gasteiger partial charge on any atom is -0.384 e. The number of aryl methyl sites for hydroxylation is 1. The van der Waals surface area contributed by atoms with Crippen molar-refractivity contribution in [2.45, 2.75) is 25.2 Å². The second kappa shape index (κ2) is 4.53. The number of ether oxygens (including phenoxy) is 1. The standard InChI is InChI=1S/C12H15NO2/c1-15-8-6-11(14)10-5-4-9-3-2-7-13-12(9)10/h2-3,7,10H,4-6,8H2,1H3. The van der Waals surface area contributed by atoms with Crippen LogP contribution in [0.15, 0.2) is 18.3 Å². The molecule has 0 aromatic carbocycles. The third kappa shape index (κ3) is 2.07. The highest BCUT2D eigenvalue weighted by Crippen LogP contribution is 2.32. The zero-order chi connectivity index (χ0) is 10.7. The molecule has 1 aliphatic rings. The average molecular weight is 205 g/mol. The van der Waals surface area contributed by atoms with Crippen LogP contribution in [0.2, 0.25) is 0 Å². The van der Waals surface area contributed by atoms with Gasteiger partial charge in [0, 0.05) is 19.7 Å². The Bertz CT molecular complexity index is 362. The van der Waals surface area contributed by atoms with Gasteiger partial charge in [-0.05, 0) is 24.5 Å². The van der Waals surface area contributed by atoms with Crippen LogP contribution >= 0.6 is 0 Å². The molecule has 1 atom stereocenters. The number of carbonyl (C=O) groups is 1. The van der Waals surface area contributed by atoms with Crippen molar-refractivity contribution in [3.05, 3.63) is 29.6 Å². The van der Waals surface area contributed by atoms with E-state index in [1.165, 1.54) is 5.56 Å². The van der Waals surface area contributed by atoms with Gasteiger partial charge in [0.05, 0.1) is 18.2 Å². The number of Topliss-reactive ketones (excluding diaryl/α,β-unsaturated/α-hetero) is 1. The van der Waals surface area contributed by atoms with E-state index in [9.17, 15) is 4.79 Å². The third-order valence-corrected chi connectivity index (χ3v) is 2.90. The minimum absolute atomic E-state index is 0.0105. The summed E-state index contributed by atoms with van der Waals surface area (Å²) in [5.74, 6) is 0.269. The Morgan fingerprint density at radius 3 is 3.33 bits per heavy atom. The van der Waals surface area contributed by atoms with Gasteiger partial charge in [0.1, 0.15) is 5.78 Å². The molecular formula is C12H15NO2. The Morgan fingerprint density at radius 1 is 1.67 bits per heavy atom. The maximum absolute atomic E-state index is 11.8. The van der Waals surface area contributed by atoms with Crippen LogP contribution in [-0.4, -0.2) is 24.5 Å². The van der Waals surface area contributed by atoms with Crippen LogP contribution in [0, 0.1) is 0 Å². The van der Waals surface area contributed by atoms with Gasteiger partial charge in [-0.3, -0.25) is 9.78 Å². The second-order valence-electron chi connectivity index (χ2n) is 3.85. The monoisotopic (exact) mass is 205 g/mol. The third-order valence-electron chi connectivity index (χ3n) is 2.90. The number of rotatable bonds is 4. The fourth-order valence-corrected chi connectivity index (χ4v) is 2.10. The SMILES string of the molecule is COCCC(=O)C1CCc2cccnc21. The molecular weight excluding hydrogens is 190 g/mol. The summed E-state index contributed by atoms with van der Waals surface area (Å²) in [6.07, 6.45) is 4.15. The Morgan fingerprint density at radius 2 is 2.53 bits per heavy atom. The molecule has 0 saturated carbocycles. The molecule has 15 heavy (non-hydrogen) atoms. The Kier molecular flexibility index (Phi) is 3.11. The lowest BCUT2D eigenvalue weighted by Gasteiger charge is -2.08. The predicted octanol–water partition coefficient (Wildman–Crippen LogP) is 1.72. The summed E-state index contributed by atoms with van der Waals surface area (Å²) in [7, 11) is 1.62. The van der Waals surface area contributed by atoms with E-state index in [1.807, 2.05) is 6.07 Å². The van der Waals surface area contributed by atoms with E-state index >= 15 is 0 Å². The normalized spacial score (nSPS) is 18.9. The van der Waals surface area contributed by atoms with Gasteiger partial charge in [-0.2, -0.15) is 0 Å². The molecule has 0 spiro atoms. The summed E-state index contributed by atoms with van der Waals surface area (Å²) >= 11 is 0. The number of nitrogens with zero attached hydrogens (tertiary/aromatic N) is 1. The van der Waals surface area contributed by atoms with E-state index in [0.29, 0.717) is 13.0 Å². The molecule has 1 aromatic rings. The lowest BCUT2D eigenvalue weighted by molar-refractivity contribution is -0.121. The van der Waals surface area contributed by atoms with E-state index in [-0.39, 0.29) is 11.7 Å². The van der Waals surface area contributed by atoms with Gasteiger partial charge in [-0.15, -0.1) is 0 Å². The molecule has 0 N–H and O–H groups in total. The van der Waals surface area contributed by atoms with Gasteiger partial charge in [0.2, 0.25) is 0 Å². The Hall–Kier alpha value is -1.22. The number of carbonyl (C=O) groups excluding carboxylic acids is 1. The number of aromatic nitrogens is 1. The van der Waals surface area contributed by atoms with Gasteiger partial charge in [-0.1, -0.05) is 6.07 Å². The highest BCUT2D eigenvalue weighted by molar-refractivity contribution is 5.86. The zero-order valence-corrected chi connectivity index (χ0v) is 8.90. The van der Waals surface area contributed by atoms with E-state index < -0.39 is 0 Å². The maximum Gasteiger partial charge on any atom is 0.144 e. The minimum atomic E-state index is 0.0105. The first kappa shape index (κ1) is 10.3. The van der Waals surface area contributed by atoms with Crippen LogP contribution < -0.4 is 0 Å². The topological polar surface area (TPSA) is 39.2 Å². The Labute approximate surface area is 89.5 Å². The molecule has 0 saturated heterocycles. The number of hydrogen-bond acceptors (Lipinski definition) is 3. The van der Waals surface area contributed by atoms with E-state index in [4.69, 9.17) is 4.74 Å². The fraction of sp³-hybridized carbons (Fsp3) is 0.500. The van der Waals surface area contributed by atoms with Crippen LogP contribution in [0.4, 0.5) is 0 Å². The second-order valence-corrected chi connectivity index (χ2v) is 3.85. The highest BCUT2D eigenvalue weighted by Gasteiger charge is 2.28. The summed E-state index contributed by atoms with van der Waals surface area (Å²) < 4.78 is 4.92. The molecule has 3 heteroatoms. The number of ketones is 1. The number of fused-ring (bicyclic) bond motifs is 1. The van der Waals surface area contributed by atoms with Gasteiger partial charge < -0.3 is 4.74 Å². The van der Waals surface area contributed by atoms with Gasteiger partial charge in [0.25, 0.3) is 0 Å². The highest BCUT2D eigenvalue weighted by atomic mass is 16.5. The van der Waals surface area contributed by atoms with Crippen LogP contribution in [-0.2, 0) is 16.0 Å². The number of methoxy groups -OCH3 is 1. The fourth-order valence-electron chi connectivity index (χ4n) is 2.10. The number of pyridine rings is 1. The van der Waals surface area contributed by atoms with Crippen molar-refractivity contribution in [3.63, 3.8) is 0 Å². The van der Waals surface area contributed by atoms with Crippen LogP contribution in [0.1, 0.15) is 30.0 Å². The quantitative estimate of drug-likeness (QED) is 0.751. The molecule has 1 aromatic heterocycles. The van der Waals surface area contributed by atoms with E-state index in [1.54, 1.807) is 13.3 Å². The largest absolute Gasteiger partial charge is 0.384 e. The number of hydrogen-bond donors (Lipinski definition) is 0. The Balaban J connectivity index is 2.10. The molecule has 0 radical (unpaired) electrons. The molecule has 80 valence electrons. The molecule has 0 amide bonds. The molecule has 0 bridgehead atoms.